The number of benzene rings is 1. The van der Waals surface area contributed by atoms with Crippen LogP contribution in [0.2, 0.25) is 0 Å². The molecule has 0 radical (unpaired) electrons. The molecule has 1 fully saturated rings. The minimum atomic E-state index is 0.698. The molecule has 0 spiro atoms. The van der Waals surface area contributed by atoms with Crippen LogP contribution in [0.3, 0.4) is 0 Å². The first-order valence-corrected chi connectivity index (χ1v) is 6.93. The average molecular weight is 243 g/mol. The zero-order valence-electron chi connectivity index (χ0n) is 11.1. The minimum Gasteiger partial charge on any atom is -0.496 e. The van der Waals surface area contributed by atoms with E-state index < -0.39 is 0 Å². The van der Waals surface area contributed by atoms with Crippen molar-refractivity contribution >= 4 is 0 Å². The largest absolute Gasteiger partial charge is 0.496 e. The summed E-state index contributed by atoms with van der Waals surface area (Å²) in [4.78, 5) is 2.61. The Morgan fingerprint density at radius 1 is 1.33 bits per heavy atom. The molecule has 0 bridgehead atoms. The highest BCUT2D eigenvalue weighted by molar-refractivity contribution is 5.33. The van der Waals surface area contributed by atoms with Gasteiger partial charge in [-0.3, -0.25) is 4.90 Å². The van der Waals surface area contributed by atoms with Crippen molar-refractivity contribution in [1.29, 1.82) is 0 Å². The van der Waals surface area contributed by atoms with Crippen LogP contribution >= 0.6 is 0 Å². The molecule has 0 saturated carbocycles. The quantitative estimate of drug-likeness (QED) is 0.755. The normalized spacial score (nSPS) is 23.6. The maximum Gasteiger partial charge on any atom is 0.123 e. The van der Waals surface area contributed by atoms with Gasteiger partial charge in [-0.25, -0.2) is 0 Å². The second-order valence-corrected chi connectivity index (χ2v) is 5.26. The highest BCUT2D eigenvalue weighted by Gasteiger charge is 2.30. The number of fused-ring (bicyclic) bond motifs is 1. The van der Waals surface area contributed by atoms with E-state index in [9.17, 15) is 0 Å². The van der Waals surface area contributed by atoms with Gasteiger partial charge in [-0.15, -0.1) is 0 Å². The van der Waals surface area contributed by atoms with E-state index in [0.717, 1.165) is 12.3 Å². The van der Waals surface area contributed by atoms with Crippen molar-refractivity contribution in [2.24, 2.45) is 0 Å². The third kappa shape index (κ3) is 2.17. The van der Waals surface area contributed by atoms with Gasteiger partial charge >= 0.3 is 0 Å². The lowest BCUT2D eigenvalue weighted by Gasteiger charge is -2.27. The highest BCUT2D eigenvalue weighted by atomic mass is 16.5. The number of rotatable bonds is 3. The molecular weight excluding hydrogens is 222 g/mol. The SMILES string of the molecule is COc1ccccc1CN1CCC2=CCCCC21. The Kier molecular flexibility index (Phi) is 3.37. The minimum absolute atomic E-state index is 0.698. The number of para-hydroxylation sites is 1. The molecule has 2 heteroatoms. The van der Waals surface area contributed by atoms with Gasteiger partial charge in [0.15, 0.2) is 0 Å². The Labute approximate surface area is 109 Å². The molecule has 3 rings (SSSR count). The number of methoxy groups -OCH3 is 1. The topological polar surface area (TPSA) is 12.5 Å². The van der Waals surface area contributed by atoms with Crippen molar-refractivity contribution in [3.63, 3.8) is 0 Å². The maximum absolute atomic E-state index is 5.45. The Morgan fingerprint density at radius 2 is 2.22 bits per heavy atom. The smallest absolute Gasteiger partial charge is 0.123 e. The summed E-state index contributed by atoms with van der Waals surface area (Å²) in [6, 6.07) is 9.08. The summed E-state index contributed by atoms with van der Waals surface area (Å²) >= 11 is 0. The van der Waals surface area contributed by atoms with Crippen LogP contribution < -0.4 is 4.74 Å². The lowest BCUT2D eigenvalue weighted by Crippen LogP contribution is -2.30. The molecule has 0 aromatic heterocycles. The molecule has 1 heterocycles. The highest BCUT2D eigenvalue weighted by Crippen LogP contribution is 2.33. The summed E-state index contributed by atoms with van der Waals surface area (Å²) in [6.45, 7) is 2.22. The fourth-order valence-electron chi connectivity index (χ4n) is 3.28. The number of allylic oxidation sites excluding steroid dienone is 1. The Balaban J connectivity index is 1.77. The summed E-state index contributed by atoms with van der Waals surface area (Å²) in [5, 5.41) is 0. The molecule has 0 amide bonds. The summed E-state index contributed by atoms with van der Waals surface area (Å²) in [7, 11) is 1.76. The molecule has 1 aromatic rings. The lowest BCUT2D eigenvalue weighted by atomic mass is 9.95. The summed E-state index contributed by atoms with van der Waals surface area (Å²) in [5.41, 5.74) is 2.99. The zero-order valence-corrected chi connectivity index (χ0v) is 11.1. The van der Waals surface area contributed by atoms with E-state index >= 15 is 0 Å². The van der Waals surface area contributed by atoms with Crippen molar-refractivity contribution in [3.8, 4) is 5.75 Å². The third-order valence-corrected chi connectivity index (χ3v) is 4.21. The van der Waals surface area contributed by atoms with E-state index in [1.807, 2.05) is 6.07 Å². The molecule has 1 aliphatic carbocycles. The third-order valence-electron chi connectivity index (χ3n) is 4.21. The molecule has 2 nitrogen and oxygen atoms in total. The van der Waals surface area contributed by atoms with Gasteiger partial charge in [-0.2, -0.15) is 0 Å². The number of hydrogen-bond acceptors (Lipinski definition) is 2. The predicted molar refractivity (Wildman–Crippen MR) is 73.7 cm³/mol. The maximum atomic E-state index is 5.45. The fraction of sp³-hybridized carbons (Fsp3) is 0.500. The zero-order chi connectivity index (χ0) is 12.4. The molecule has 18 heavy (non-hydrogen) atoms. The van der Waals surface area contributed by atoms with Crippen LogP contribution in [0.1, 0.15) is 31.2 Å². The van der Waals surface area contributed by atoms with Gasteiger partial charge in [-0.1, -0.05) is 29.8 Å². The van der Waals surface area contributed by atoms with Crippen LogP contribution in [-0.2, 0) is 6.54 Å². The van der Waals surface area contributed by atoms with E-state index in [1.54, 1.807) is 12.7 Å². The van der Waals surface area contributed by atoms with Crippen LogP contribution in [0, 0.1) is 0 Å². The standard InChI is InChI=1S/C16H21NO/c1-18-16-9-5-3-7-14(16)12-17-11-10-13-6-2-4-8-15(13)17/h3,5-7,9,15H,2,4,8,10-12H2,1H3. The van der Waals surface area contributed by atoms with Gasteiger partial charge in [0.25, 0.3) is 0 Å². The molecule has 1 unspecified atom stereocenters. The van der Waals surface area contributed by atoms with E-state index in [1.165, 1.54) is 37.8 Å². The number of likely N-dealkylation sites (tertiary alicyclic amines) is 1. The summed E-state index contributed by atoms with van der Waals surface area (Å²) in [6.07, 6.45) is 7.70. The van der Waals surface area contributed by atoms with E-state index in [2.05, 4.69) is 29.2 Å². The molecule has 1 aromatic carbocycles. The predicted octanol–water partition coefficient (Wildman–Crippen LogP) is 3.38. The van der Waals surface area contributed by atoms with Crippen molar-refractivity contribution in [2.45, 2.75) is 38.3 Å². The van der Waals surface area contributed by atoms with E-state index in [-0.39, 0.29) is 0 Å². The molecule has 1 saturated heterocycles. The monoisotopic (exact) mass is 243 g/mol. The van der Waals surface area contributed by atoms with Crippen LogP contribution in [0.5, 0.6) is 5.75 Å². The Bertz CT molecular complexity index is 452. The fourth-order valence-corrected chi connectivity index (χ4v) is 3.28. The van der Waals surface area contributed by atoms with Crippen molar-refractivity contribution < 1.29 is 4.74 Å². The van der Waals surface area contributed by atoms with Gasteiger partial charge in [0.2, 0.25) is 0 Å². The molecule has 0 N–H and O–H groups in total. The van der Waals surface area contributed by atoms with Crippen LogP contribution in [-0.4, -0.2) is 24.6 Å². The molecule has 1 atom stereocenters. The lowest BCUT2D eigenvalue weighted by molar-refractivity contribution is 0.240. The van der Waals surface area contributed by atoms with E-state index in [4.69, 9.17) is 4.74 Å². The molecular formula is C16H21NO. The first-order chi connectivity index (χ1) is 8.88. The van der Waals surface area contributed by atoms with Crippen LogP contribution in [0.4, 0.5) is 0 Å². The summed E-state index contributed by atoms with van der Waals surface area (Å²) in [5.74, 6) is 1.02. The molecule has 2 aliphatic rings. The van der Waals surface area contributed by atoms with Crippen molar-refractivity contribution in [3.05, 3.63) is 41.5 Å². The second-order valence-electron chi connectivity index (χ2n) is 5.26. The molecule has 96 valence electrons. The van der Waals surface area contributed by atoms with Crippen LogP contribution in [0.15, 0.2) is 35.9 Å². The van der Waals surface area contributed by atoms with Gasteiger partial charge in [0, 0.05) is 24.7 Å². The Hall–Kier alpha value is -1.28. The van der Waals surface area contributed by atoms with Crippen LogP contribution in [0.25, 0.3) is 0 Å². The average Bonchev–Trinajstić information content (AvgIpc) is 2.83. The molecule has 1 aliphatic heterocycles. The first kappa shape index (κ1) is 11.8. The number of nitrogens with zero attached hydrogens (tertiary/aromatic N) is 1. The van der Waals surface area contributed by atoms with Crippen molar-refractivity contribution in [1.82, 2.24) is 4.90 Å². The van der Waals surface area contributed by atoms with Gasteiger partial charge in [-0.05, 0) is 31.7 Å². The van der Waals surface area contributed by atoms with Gasteiger partial charge < -0.3 is 4.74 Å². The number of ether oxygens (including phenoxy) is 1. The van der Waals surface area contributed by atoms with Gasteiger partial charge in [0.1, 0.15) is 5.75 Å². The van der Waals surface area contributed by atoms with E-state index in [0.29, 0.717) is 6.04 Å². The second kappa shape index (κ2) is 5.15. The number of hydrogen-bond donors (Lipinski definition) is 0. The Morgan fingerprint density at radius 3 is 3.11 bits per heavy atom. The first-order valence-electron chi connectivity index (χ1n) is 6.93. The summed E-state index contributed by atoms with van der Waals surface area (Å²) < 4.78 is 5.45. The van der Waals surface area contributed by atoms with Gasteiger partial charge in [0.05, 0.1) is 7.11 Å². The van der Waals surface area contributed by atoms with Crippen molar-refractivity contribution in [2.75, 3.05) is 13.7 Å².